The third-order valence-corrected chi connectivity index (χ3v) is 3.29. The van der Waals surface area contributed by atoms with Gasteiger partial charge < -0.3 is 10.6 Å². The molecule has 2 unspecified atom stereocenters. The number of hydrogen-bond acceptors (Lipinski definition) is 2. The zero-order valence-corrected chi connectivity index (χ0v) is 13.4. The highest BCUT2D eigenvalue weighted by Crippen LogP contribution is 2.29. The largest absolute Gasteiger partial charge is 0.349 e. The second kappa shape index (κ2) is 7.44. The molecule has 0 aliphatic heterocycles. The minimum Gasteiger partial charge on any atom is -0.349 e. The van der Waals surface area contributed by atoms with Crippen LogP contribution in [0, 0.1) is 11.3 Å². The second-order valence-corrected chi connectivity index (χ2v) is 6.70. The standard InChI is InChI=1S/C17H28N2O/c1-13(12-18-5)16(20)19-15(11-17(2,3)4)14-9-7-6-8-10-14/h6-10,13,15,18H,11-12H2,1-5H3,(H,19,20). The Balaban J connectivity index is 2.81. The molecule has 1 amide bonds. The van der Waals surface area contributed by atoms with Gasteiger partial charge in [-0.3, -0.25) is 4.79 Å². The Morgan fingerprint density at radius 2 is 1.80 bits per heavy atom. The third-order valence-electron chi connectivity index (χ3n) is 3.29. The van der Waals surface area contributed by atoms with Gasteiger partial charge in [0.25, 0.3) is 0 Å². The number of benzene rings is 1. The summed E-state index contributed by atoms with van der Waals surface area (Å²) in [6.45, 7) is 9.25. The van der Waals surface area contributed by atoms with E-state index >= 15 is 0 Å². The van der Waals surface area contributed by atoms with Crippen molar-refractivity contribution in [2.24, 2.45) is 11.3 Å². The summed E-state index contributed by atoms with van der Waals surface area (Å²) in [6, 6.07) is 10.3. The number of carbonyl (C=O) groups is 1. The Morgan fingerprint density at radius 1 is 1.20 bits per heavy atom. The molecule has 0 aliphatic carbocycles. The van der Waals surface area contributed by atoms with Crippen molar-refractivity contribution in [2.75, 3.05) is 13.6 Å². The van der Waals surface area contributed by atoms with E-state index in [1.54, 1.807) is 0 Å². The molecule has 0 aromatic heterocycles. The van der Waals surface area contributed by atoms with Crippen LogP contribution < -0.4 is 10.6 Å². The normalized spacial score (nSPS) is 14.7. The summed E-state index contributed by atoms with van der Waals surface area (Å²) in [5.41, 5.74) is 1.34. The predicted octanol–water partition coefficient (Wildman–Crippen LogP) is 3.14. The van der Waals surface area contributed by atoms with Crippen LogP contribution >= 0.6 is 0 Å². The summed E-state index contributed by atoms with van der Waals surface area (Å²) in [4.78, 5) is 12.3. The lowest BCUT2D eigenvalue weighted by atomic mass is 9.85. The molecule has 0 aliphatic rings. The van der Waals surface area contributed by atoms with Crippen LogP contribution in [0.15, 0.2) is 30.3 Å². The summed E-state index contributed by atoms with van der Waals surface area (Å²) in [5.74, 6) is 0.0867. The smallest absolute Gasteiger partial charge is 0.224 e. The molecule has 112 valence electrons. The van der Waals surface area contributed by atoms with E-state index in [0.29, 0.717) is 6.54 Å². The fourth-order valence-electron chi connectivity index (χ4n) is 2.26. The van der Waals surface area contributed by atoms with Crippen molar-refractivity contribution >= 4 is 5.91 Å². The molecule has 3 heteroatoms. The van der Waals surface area contributed by atoms with Crippen molar-refractivity contribution in [1.29, 1.82) is 0 Å². The van der Waals surface area contributed by atoms with E-state index in [-0.39, 0.29) is 23.3 Å². The lowest BCUT2D eigenvalue weighted by Crippen LogP contribution is -2.38. The topological polar surface area (TPSA) is 41.1 Å². The van der Waals surface area contributed by atoms with Gasteiger partial charge in [-0.15, -0.1) is 0 Å². The lowest BCUT2D eigenvalue weighted by molar-refractivity contribution is -0.125. The fraction of sp³-hybridized carbons (Fsp3) is 0.588. The zero-order valence-electron chi connectivity index (χ0n) is 13.4. The van der Waals surface area contributed by atoms with Crippen molar-refractivity contribution in [3.8, 4) is 0 Å². The molecule has 0 spiro atoms. The monoisotopic (exact) mass is 276 g/mol. The molecule has 0 fully saturated rings. The zero-order chi connectivity index (χ0) is 15.2. The maximum absolute atomic E-state index is 12.3. The molecule has 1 aromatic rings. The SMILES string of the molecule is CNCC(C)C(=O)NC(CC(C)(C)C)c1ccccc1. The van der Waals surface area contributed by atoms with Gasteiger partial charge in [0, 0.05) is 12.5 Å². The summed E-state index contributed by atoms with van der Waals surface area (Å²) < 4.78 is 0. The highest BCUT2D eigenvalue weighted by molar-refractivity contribution is 5.79. The number of carbonyl (C=O) groups excluding carboxylic acids is 1. The lowest BCUT2D eigenvalue weighted by Gasteiger charge is -2.28. The average molecular weight is 276 g/mol. The first-order valence-electron chi connectivity index (χ1n) is 7.33. The van der Waals surface area contributed by atoms with Crippen LogP contribution in [0.3, 0.4) is 0 Å². The van der Waals surface area contributed by atoms with Gasteiger partial charge in [0.1, 0.15) is 0 Å². The molecule has 1 rings (SSSR count). The van der Waals surface area contributed by atoms with Crippen LogP contribution in [0.1, 0.15) is 45.7 Å². The molecular weight excluding hydrogens is 248 g/mol. The molecule has 0 radical (unpaired) electrons. The van der Waals surface area contributed by atoms with Crippen molar-refractivity contribution < 1.29 is 4.79 Å². The molecule has 20 heavy (non-hydrogen) atoms. The van der Waals surface area contributed by atoms with Gasteiger partial charge in [-0.05, 0) is 24.4 Å². The molecule has 2 N–H and O–H groups in total. The van der Waals surface area contributed by atoms with Gasteiger partial charge >= 0.3 is 0 Å². The Labute approximate surface area is 123 Å². The molecule has 0 bridgehead atoms. The third kappa shape index (κ3) is 5.74. The molecule has 2 atom stereocenters. The molecule has 0 heterocycles. The molecule has 0 saturated heterocycles. The van der Waals surface area contributed by atoms with Gasteiger partial charge in [0.15, 0.2) is 0 Å². The van der Waals surface area contributed by atoms with Crippen LogP contribution in [-0.2, 0) is 4.79 Å². The van der Waals surface area contributed by atoms with E-state index in [1.165, 1.54) is 5.56 Å². The first-order chi connectivity index (χ1) is 9.33. The minimum absolute atomic E-state index is 0.0221. The summed E-state index contributed by atoms with van der Waals surface area (Å²) in [5, 5.41) is 6.24. The van der Waals surface area contributed by atoms with Crippen molar-refractivity contribution in [2.45, 2.75) is 40.2 Å². The highest BCUT2D eigenvalue weighted by atomic mass is 16.1. The predicted molar refractivity (Wildman–Crippen MR) is 84.5 cm³/mol. The number of nitrogens with one attached hydrogen (secondary N) is 2. The van der Waals surface area contributed by atoms with E-state index in [9.17, 15) is 4.79 Å². The Morgan fingerprint density at radius 3 is 2.30 bits per heavy atom. The van der Waals surface area contributed by atoms with Gasteiger partial charge in [-0.1, -0.05) is 58.0 Å². The van der Waals surface area contributed by atoms with Crippen molar-refractivity contribution in [1.82, 2.24) is 10.6 Å². The van der Waals surface area contributed by atoms with Crippen molar-refractivity contribution in [3.05, 3.63) is 35.9 Å². The van der Waals surface area contributed by atoms with Gasteiger partial charge in [-0.25, -0.2) is 0 Å². The first kappa shape index (κ1) is 16.7. The van der Waals surface area contributed by atoms with Crippen LogP contribution in [0.5, 0.6) is 0 Å². The summed E-state index contributed by atoms with van der Waals surface area (Å²) in [6.07, 6.45) is 0.926. The van der Waals surface area contributed by atoms with Crippen LogP contribution in [-0.4, -0.2) is 19.5 Å². The Bertz CT molecular complexity index is 409. The molecule has 3 nitrogen and oxygen atoms in total. The average Bonchev–Trinajstić information content (AvgIpc) is 2.37. The number of hydrogen-bond donors (Lipinski definition) is 2. The molecular formula is C17H28N2O. The van der Waals surface area contributed by atoms with Gasteiger partial charge in [-0.2, -0.15) is 0 Å². The van der Waals surface area contributed by atoms with Crippen LogP contribution in [0.25, 0.3) is 0 Å². The fourth-order valence-corrected chi connectivity index (χ4v) is 2.26. The van der Waals surface area contributed by atoms with E-state index < -0.39 is 0 Å². The molecule has 1 aromatic carbocycles. The van der Waals surface area contributed by atoms with E-state index in [2.05, 4.69) is 43.5 Å². The molecule has 0 saturated carbocycles. The van der Waals surface area contributed by atoms with E-state index in [1.807, 2.05) is 32.2 Å². The van der Waals surface area contributed by atoms with Gasteiger partial charge in [0.2, 0.25) is 5.91 Å². The Kier molecular flexibility index (Phi) is 6.21. The van der Waals surface area contributed by atoms with Crippen molar-refractivity contribution in [3.63, 3.8) is 0 Å². The maximum Gasteiger partial charge on any atom is 0.224 e. The van der Waals surface area contributed by atoms with E-state index in [4.69, 9.17) is 0 Å². The van der Waals surface area contributed by atoms with Crippen LogP contribution in [0.2, 0.25) is 0 Å². The quantitative estimate of drug-likeness (QED) is 0.838. The minimum atomic E-state index is -0.0221. The number of amides is 1. The Hall–Kier alpha value is -1.35. The summed E-state index contributed by atoms with van der Waals surface area (Å²) in [7, 11) is 1.87. The highest BCUT2D eigenvalue weighted by Gasteiger charge is 2.23. The first-order valence-corrected chi connectivity index (χ1v) is 7.33. The second-order valence-electron chi connectivity index (χ2n) is 6.70. The summed E-state index contributed by atoms with van der Waals surface area (Å²) >= 11 is 0. The number of rotatable bonds is 6. The maximum atomic E-state index is 12.3. The van der Waals surface area contributed by atoms with Gasteiger partial charge in [0.05, 0.1) is 6.04 Å². The van der Waals surface area contributed by atoms with Crippen LogP contribution in [0.4, 0.5) is 0 Å². The van der Waals surface area contributed by atoms with E-state index in [0.717, 1.165) is 6.42 Å².